The average Bonchev–Trinajstić information content (AvgIpc) is 3.22. The number of hydrogen-bond acceptors (Lipinski definition) is 16. The minimum absolute atomic E-state index is 0.0530. The van der Waals surface area contributed by atoms with Crippen molar-refractivity contribution in [3.63, 3.8) is 0 Å². The zero-order valence-corrected chi connectivity index (χ0v) is 35.1. The van der Waals surface area contributed by atoms with Crippen molar-refractivity contribution in [2.24, 2.45) is 16.2 Å². The number of esters is 6. The third-order valence-corrected chi connectivity index (χ3v) is 10.5. The molecule has 320 valence electrons. The molecule has 1 aliphatic rings. The minimum Gasteiger partial charge on any atom is -0.462 e. The molecule has 1 aliphatic carbocycles. The third kappa shape index (κ3) is 16.2. The lowest BCUT2D eigenvalue weighted by atomic mass is 9.57. The Bertz CT molecular complexity index is 1490. The molecule has 0 heterocycles. The number of carbonyl (C=O) groups is 8. The Hall–Kier alpha value is -5.47. The zero-order chi connectivity index (χ0) is 44.2. The van der Waals surface area contributed by atoms with Crippen LogP contribution in [-0.4, -0.2) is 116 Å². The molecule has 1 saturated carbocycles. The largest absolute Gasteiger partial charge is 0.462 e. The van der Waals surface area contributed by atoms with Crippen molar-refractivity contribution < 1.29 is 76.3 Å². The molecule has 0 aromatic rings. The number of rotatable bonds is 24. The second-order valence-electron chi connectivity index (χ2n) is 14.0. The zero-order valence-electron chi connectivity index (χ0n) is 32.9. The number of halogens is 1. The topological polar surface area (TPSA) is 226 Å². The van der Waals surface area contributed by atoms with Gasteiger partial charge in [-0.1, -0.05) is 60.2 Å². The molecule has 1 rings (SSSR count). The van der Waals surface area contributed by atoms with Gasteiger partial charge in [0, 0.05) is 49.0 Å². The van der Waals surface area contributed by atoms with Crippen LogP contribution in [0.5, 0.6) is 0 Å². The van der Waals surface area contributed by atoms with Crippen molar-refractivity contribution in [2.45, 2.75) is 51.7 Å². The lowest BCUT2D eigenvalue weighted by Gasteiger charge is -2.51. The second kappa shape index (κ2) is 23.7. The van der Waals surface area contributed by atoms with Crippen LogP contribution in [0, 0.1) is 16.2 Å². The van der Waals surface area contributed by atoms with Crippen LogP contribution in [0.2, 0.25) is 0 Å². The summed E-state index contributed by atoms with van der Waals surface area (Å²) in [5, 5.41) is 2.71. The van der Waals surface area contributed by atoms with Crippen LogP contribution >= 0.6 is 22.9 Å². The van der Waals surface area contributed by atoms with Gasteiger partial charge in [0.15, 0.2) is 0 Å². The molecule has 0 bridgehead atoms. The lowest BCUT2D eigenvalue weighted by molar-refractivity contribution is -0.170. The number of ether oxygens (including phenoxy) is 8. The fraction of sp³-hybridized carbons (Fsp3) is 0.487. The summed E-state index contributed by atoms with van der Waals surface area (Å²) in [7, 11) is 0. The first-order chi connectivity index (χ1) is 27.2. The molecule has 1 N–H and O–H groups in total. The van der Waals surface area contributed by atoms with E-state index in [2.05, 4.69) is 44.8 Å². The first-order valence-corrected chi connectivity index (χ1v) is 18.5. The number of alkyl carbamates (subject to hydrolysis) is 1. The van der Waals surface area contributed by atoms with Gasteiger partial charge in [0.2, 0.25) is 5.60 Å². The highest BCUT2D eigenvalue weighted by molar-refractivity contribution is 14.1. The highest BCUT2D eigenvalue weighted by Crippen LogP contribution is 2.51. The first kappa shape index (κ1) is 50.5. The summed E-state index contributed by atoms with van der Waals surface area (Å²) < 4.78 is 43.5. The van der Waals surface area contributed by atoms with Crippen molar-refractivity contribution in [1.29, 1.82) is 0 Å². The van der Waals surface area contributed by atoms with Gasteiger partial charge in [0.1, 0.15) is 51.7 Å². The van der Waals surface area contributed by atoms with E-state index >= 15 is 0 Å². The molecule has 0 spiro atoms. The van der Waals surface area contributed by atoms with E-state index < -0.39 is 116 Å². The fourth-order valence-corrected chi connectivity index (χ4v) is 5.92. The summed E-state index contributed by atoms with van der Waals surface area (Å²) in [5.74, 6) is -5.17. The van der Waals surface area contributed by atoms with E-state index in [9.17, 15) is 38.4 Å². The van der Waals surface area contributed by atoms with E-state index in [4.69, 9.17) is 37.9 Å². The molecule has 58 heavy (non-hydrogen) atoms. The van der Waals surface area contributed by atoms with Crippen LogP contribution in [0.4, 0.5) is 9.59 Å². The van der Waals surface area contributed by atoms with Gasteiger partial charge in [-0.25, -0.2) is 41.5 Å². The van der Waals surface area contributed by atoms with Gasteiger partial charge in [-0.3, -0.25) is 0 Å². The van der Waals surface area contributed by atoms with Gasteiger partial charge in [0.25, 0.3) is 0 Å². The van der Waals surface area contributed by atoms with Gasteiger partial charge in [-0.2, -0.15) is 0 Å². The predicted molar refractivity (Wildman–Crippen MR) is 213 cm³/mol. The Kier molecular flexibility index (Phi) is 20.6. The van der Waals surface area contributed by atoms with Gasteiger partial charge in [-0.15, -0.1) is 0 Å². The molecule has 2 unspecified atom stereocenters. The van der Waals surface area contributed by atoms with Gasteiger partial charge in [0.05, 0.1) is 22.9 Å². The maximum absolute atomic E-state index is 13.5. The fourth-order valence-electron chi connectivity index (χ4n) is 5.31. The maximum atomic E-state index is 13.5. The van der Waals surface area contributed by atoms with Gasteiger partial charge < -0.3 is 43.2 Å². The Morgan fingerprint density at radius 3 is 1.31 bits per heavy atom. The van der Waals surface area contributed by atoms with Gasteiger partial charge >= 0.3 is 48.0 Å². The van der Waals surface area contributed by atoms with Crippen LogP contribution in [0.3, 0.4) is 0 Å². The van der Waals surface area contributed by atoms with Crippen LogP contribution in [0.25, 0.3) is 0 Å². The number of hydrogen-bond donors (Lipinski definition) is 1. The number of amides is 2. The van der Waals surface area contributed by atoms with E-state index in [0.717, 1.165) is 36.5 Å². The molecule has 2 atom stereocenters. The monoisotopic (exact) mass is 930 g/mol. The number of nitrogens with one attached hydrogen (secondary N) is 1. The van der Waals surface area contributed by atoms with Crippen molar-refractivity contribution >= 4 is 70.9 Å². The van der Waals surface area contributed by atoms with Crippen molar-refractivity contribution in [1.82, 2.24) is 8.43 Å². The second-order valence-corrected chi connectivity index (χ2v) is 15.0. The smallest absolute Gasteiger partial charge is 0.418 e. The summed E-state index contributed by atoms with van der Waals surface area (Å²) in [6.07, 6.45) is 4.81. The average molecular weight is 931 g/mol. The quantitative estimate of drug-likeness (QED) is 0.0471. The van der Waals surface area contributed by atoms with E-state index in [1.54, 1.807) is 0 Å². The molecule has 0 aromatic heterocycles. The van der Waals surface area contributed by atoms with E-state index in [1.807, 2.05) is 43.6 Å². The molecular formula is C39H51IN2O16. The van der Waals surface area contributed by atoms with E-state index in [1.165, 1.54) is 3.11 Å². The van der Waals surface area contributed by atoms with Crippen molar-refractivity contribution in [2.75, 3.05) is 52.8 Å². The SMILES string of the molecule is C=CC(=O)OCC(COC(=O)C=C)(COC(=O)C=C)COC(=O)N(I)C1CCC(C)(CNC(=O)OC(COC(=O)C=C)(COC(=O)C=C)COC(=O)C=C)C(C)(C)C1. The lowest BCUT2D eigenvalue weighted by Crippen LogP contribution is -2.55. The molecule has 0 saturated heterocycles. The normalized spacial score (nSPS) is 16.9. The Labute approximate surface area is 351 Å². The molecule has 18 nitrogen and oxygen atoms in total. The highest BCUT2D eigenvalue weighted by Gasteiger charge is 2.49. The molecular weight excluding hydrogens is 879 g/mol. The van der Waals surface area contributed by atoms with Crippen LogP contribution in [0.1, 0.15) is 40.0 Å². The number of carbonyl (C=O) groups excluding carboxylic acids is 8. The molecule has 1 fully saturated rings. The summed E-state index contributed by atoms with van der Waals surface area (Å²) in [4.78, 5) is 98.4. The van der Waals surface area contributed by atoms with Crippen LogP contribution in [-0.2, 0) is 66.7 Å². The molecule has 0 aromatic carbocycles. The third-order valence-electron chi connectivity index (χ3n) is 9.33. The van der Waals surface area contributed by atoms with E-state index in [0.29, 0.717) is 19.3 Å². The Balaban J connectivity index is 3.17. The standard InChI is InChI=1S/C39H51IN2O16/c1-10-28(43)51-20-38(21-52-29(44)11-2,22-53-30(45)12-3)23-57-35(50)42(40)27-16-17-37(9,36(7,8)18-27)19-41-34(49)58-39(24-54-31(46)13-4,25-55-32(47)14-5)26-56-33(48)15-6/h10-15,27H,1-6,16-26H2,7-9H3,(H,41,49). The van der Waals surface area contributed by atoms with Crippen LogP contribution in [0.15, 0.2) is 75.9 Å². The number of nitrogens with zero attached hydrogens (tertiary/aromatic N) is 1. The van der Waals surface area contributed by atoms with Crippen LogP contribution < -0.4 is 5.32 Å². The molecule has 2 amide bonds. The first-order valence-electron chi connectivity index (χ1n) is 17.5. The molecule has 0 aliphatic heterocycles. The minimum atomic E-state index is -1.98. The van der Waals surface area contributed by atoms with Crippen molar-refractivity contribution in [3.8, 4) is 0 Å². The summed E-state index contributed by atoms with van der Waals surface area (Å²) in [6.45, 7) is 21.8. The maximum Gasteiger partial charge on any atom is 0.418 e. The van der Waals surface area contributed by atoms with Gasteiger partial charge in [-0.05, 0) is 30.1 Å². The molecule has 19 heteroatoms. The summed E-state index contributed by atoms with van der Waals surface area (Å²) >= 11 is 1.82. The Morgan fingerprint density at radius 2 is 0.966 bits per heavy atom. The Morgan fingerprint density at radius 1 is 0.621 bits per heavy atom. The van der Waals surface area contributed by atoms with Crippen molar-refractivity contribution in [3.05, 3.63) is 75.9 Å². The highest BCUT2D eigenvalue weighted by atomic mass is 127. The predicted octanol–water partition coefficient (Wildman–Crippen LogP) is 4.19. The summed E-state index contributed by atoms with van der Waals surface area (Å²) in [6, 6.07) is -0.375. The molecule has 0 radical (unpaired) electrons. The van der Waals surface area contributed by atoms with E-state index in [-0.39, 0.29) is 12.6 Å². The summed E-state index contributed by atoms with van der Waals surface area (Å²) in [5.41, 5.74) is -4.66.